The number of nitrogens with zero attached hydrogens (tertiary/aromatic N) is 1. The summed E-state index contributed by atoms with van der Waals surface area (Å²) >= 11 is 0. The Balaban J connectivity index is 1.74. The van der Waals surface area contributed by atoms with Crippen molar-refractivity contribution in [2.75, 3.05) is 26.7 Å². The Bertz CT molecular complexity index is 221. The zero-order valence-corrected chi connectivity index (χ0v) is 12.0. The Morgan fingerprint density at radius 1 is 1.18 bits per heavy atom. The van der Waals surface area contributed by atoms with Crippen LogP contribution in [0.1, 0.15) is 52.4 Å². The van der Waals surface area contributed by atoms with Crippen LogP contribution in [0.5, 0.6) is 0 Å². The average molecular weight is 238 g/mol. The van der Waals surface area contributed by atoms with Crippen LogP contribution >= 0.6 is 0 Å². The van der Waals surface area contributed by atoms with Crippen LogP contribution < -0.4 is 5.32 Å². The molecule has 2 nitrogen and oxygen atoms in total. The lowest BCUT2D eigenvalue weighted by molar-refractivity contribution is 0.109. The van der Waals surface area contributed by atoms with Gasteiger partial charge in [-0.15, -0.1) is 0 Å². The molecule has 1 aliphatic heterocycles. The standard InChI is InChI=1S/C15H30N2/c1-15(2)8-6-14(7-9-15)17(3)12-13-5-4-10-16-11-13/h13-14,16H,4-12H2,1-3H3. The van der Waals surface area contributed by atoms with Gasteiger partial charge in [0.25, 0.3) is 0 Å². The Labute approximate surface area is 107 Å². The SMILES string of the molecule is CN(CC1CCCNC1)C1CCC(C)(C)CC1. The van der Waals surface area contributed by atoms with Gasteiger partial charge >= 0.3 is 0 Å². The fourth-order valence-corrected chi connectivity index (χ4v) is 3.46. The van der Waals surface area contributed by atoms with Crippen LogP contribution in [0, 0.1) is 11.3 Å². The van der Waals surface area contributed by atoms with Crippen molar-refractivity contribution in [3.63, 3.8) is 0 Å². The molecule has 1 atom stereocenters. The molecule has 1 saturated carbocycles. The number of hydrogen-bond donors (Lipinski definition) is 1. The molecule has 1 aliphatic carbocycles. The van der Waals surface area contributed by atoms with E-state index in [2.05, 4.69) is 31.1 Å². The molecule has 2 fully saturated rings. The predicted octanol–water partition coefficient (Wildman–Crippen LogP) is 2.89. The van der Waals surface area contributed by atoms with Gasteiger partial charge in [0.05, 0.1) is 0 Å². The average Bonchev–Trinajstić information content (AvgIpc) is 2.30. The number of hydrogen-bond acceptors (Lipinski definition) is 2. The maximum Gasteiger partial charge on any atom is 0.00927 e. The van der Waals surface area contributed by atoms with Gasteiger partial charge in [-0.05, 0) is 70.0 Å². The van der Waals surface area contributed by atoms with Crippen LogP contribution in [0.2, 0.25) is 0 Å². The van der Waals surface area contributed by atoms with E-state index < -0.39 is 0 Å². The van der Waals surface area contributed by atoms with Crippen molar-refractivity contribution in [1.82, 2.24) is 10.2 Å². The molecule has 17 heavy (non-hydrogen) atoms. The molecule has 100 valence electrons. The summed E-state index contributed by atoms with van der Waals surface area (Å²) in [6.45, 7) is 8.63. The van der Waals surface area contributed by atoms with Crippen LogP contribution in [0.15, 0.2) is 0 Å². The topological polar surface area (TPSA) is 15.3 Å². The smallest absolute Gasteiger partial charge is 0.00927 e. The fourth-order valence-electron chi connectivity index (χ4n) is 3.46. The maximum atomic E-state index is 3.53. The van der Waals surface area contributed by atoms with E-state index in [1.807, 2.05) is 0 Å². The van der Waals surface area contributed by atoms with E-state index in [1.165, 1.54) is 58.2 Å². The molecule has 2 aliphatic rings. The minimum Gasteiger partial charge on any atom is -0.316 e. The molecule has 0 bridgehead atoms. The minimum absolute atomic E-state index is 0.601. The van der Waals surface area contributed by atoms with E-state index >= 15 is 0 Å². The van der Waals surface area contributed by atoms with Gasteiger partial charge in [0.15, 0.2) is 0 Å². The second-order valence-corrected chi connectivity index (χ2v) is 7.05. The normalized spacial score (nSPS) is 30.7. The predicted molar refractivity (Wildman–Crippen MR) is 74.3 cm³/mol. The van der Waals surface area contributed by atoms with E-state index in [0.29, 0.717) is 5.41 Å². The van der Waals surface area contributed by atoms with Crippen molar-refractivity contribution in [2.45, 2.75) is 58.4 Å². The van der Waals surface area contributed by atoms with E-state index in [0.717, 1.165) is 12.0 Å². The van der Waals surface area contributed by atoms with Crippen molar-refractivity contribution in [3.05, 3.63) is 0 Å². The van der Waals surface area contributed by atoms with Crippen LogP contribution in [-0.2, 0) is 0 Å². The molecule has 1 heterocycles. The summed E-state index contributed by atoms with van der Waals surface area (Å²) in [5.74, 6) is 0.892. The molecule has 1 saturated heterocycles. The van der Waals surface area contributed by atoms with Crippen LogP contribution in [0.25, 0.3) is 0 Å². The summed E-state index contributed by atoms with van der Waals surface area (Å²) < 4.78 is 0. The highest BCUT2D eigenvalue weighted by atomic mass is 15.1. The van der Waals surface area contributed by atoms with Gasteiger partial charge < -0.3 is 10.2 Å². The number of piperidine rings is 1. The molecule has 2 heteroatoms. The van der Waals surface area contributed by atoms with Gasteiger partial charge in [0, 0.05) is 12.6 Å². The first-order chi connectivity index (χ1) is 8.07. The zero-order chi connectivity index (χ0) is 12.3. The molecule has 1 N–H and O–H groups in total. The molecule has 0 aromatic carbocycles. The van der Waals surface area contributed by atoms with Gasteiger partial charge in [-0.1, -0.05) is 13.8 Å². The summed E-state index contributed by atoms with van der Waals surface area (Å²) in [6.07, 6.45) is 8.43. The second-order valence-electron chi connectivity index (χ2n) is 7.05. The Hall–Kier alpha value is -0.0800. The number of rotatable bonds is 3. The third-order valence-electron chi connectivity index (χ3n) is 4.88. The summed E-state index contributed by atoms with van der Waals surface area (Å²) in [6, 6.07) is 0.852. The Morgan fingerprint density at radius 2 is 1.88 bits per heavy atom. The van der Waals surface area contributed by atoms with E-state index in [4.69, 9.17) is 0 Å². The lowest BCUT2D eigenvalue weighted by atomic mass is 9.75. The molecule has 0 radical (unpaired) electrons. The van der Waals surface area contributed by atoms with Gasteiger partial charge in [0.2, 0.25) is 0 Å². The highest BCUT2D eigenvalue weighted by molar-refractivity contribution is 4.84. The third-order valence-corrected chi connectivity index (χ3v) is 4.88. The zero-order valence-electron chi connectivity index (χ0n) is 12.0. The van der Waals surface area contributed by atoms with Gasteiger partial charge in [0.1, 0.15) is 0 Å². The van der Waals surface area contributed by atoms with Crippen molar-refractivity contribution in [3.8, 4) is 0 Å². The lowest BCUT2D eigenvalue weighted by Gasteiger charge is -2.40. The first kappa shape index (κ1) is 13.4. The summed E-state index contributed by atoms with van der Waals surface area (Å²) in [5.41, 5.74) is 0.601. The quantitative estimate of drug-likeness (QED) is 0.813. The van der Waals surface area contributed by atoms with Gasteiger partial charge in [-0.3, -0.25) is 0 Å². The van der Waals surface area contributed by atoms with Crippen LogP contribution in [0.4, 0.5) is 0 Å². The van der Waals surface area contributed by atoms with Gasteiger partial charge in [-0.2, -0.15) is 0 Å². The Morgan fingerprint density at radius 3 is 2.47 bits per heavy atom. The summed E-state index contributed by atoms with van der Waals surface area (Å²) in [4.78, 5) is 2.65. The maximum absolute atomic E-state index is 3.53. The molecule has 1 unspecified atom stereocenters. The lowest BCUT2D eigenvalue weighted by Crippen LogP contribution is -2.43. The first-order valence-corrected chi connectivity index (χ1v) is 7.48. The molecule has 0 spiro atoms. The van der Waals surface area contributed by atoms with E-state index in [1.54, 1.807) is 0 Å². The Kier molecular flexibility index (Phi) is 4.48. The van der Waals surface area contributed by atoms with Crippen LogP contribution in [-0.4, -0.2) is 37.6 Å². The van der Waals surface area contributed by atoms with E-state index in [9.17, 15) is 0 Å². The minimum atomic E-state index is 0.601. The highest BCUT2D eigenvalue weighted by Gasteiger charge is 2.29. The van der Waals surface area contributed by atoms with Crippen molar-refractivity contribution in [1.29, 1.82) is 0 Å². The van der Waals surface area contributed by atoms with Crippen LogP contribution in [0.3, 0.4) is 0 Å². The summed E-state index contributed by atoms with van der Waals surface area (Å²) in [7, 11) is 2.34. The molecular formula is C15H30N2. The van der Waals surface area contributed by atoms with E-state index in [-0.39, 0.29) is 0 Å². The van der Waals surface area contributed by atoms with Crippen molar-refractivity contribution < 1.29 is 0 Å². The fraction of sp³-hybridized carbons (Fsp3) is 1.00. The monoisotopic (exact) mass is 238 g/mol. The molecule has 0 aromatic heterocycles. The van der Waals surface area contributed by atoms with Gasteiger partial charge in [-0.25, -0.2) is 0 Å². The summed E-state index contributed by atoms with van der Waals surface area (Å²) in [5, 5.41) is 3.53. The molecule has 0 amide bonds. The van der Waals surface area contributed by atoms with Crippen molar-refractivity contribution in [2.24, 2.45) is 11.3 Å². The highest BCUT2D eigenvalue weighted by Crippen LogP contribution is 2.36. The first-order valence-electron chi connectivity index (χ1n) is 7.48. The third kappa shape index (κ3) is 3.96. The largest absolute Gasteiger partial charge is 0.316 e. The molecule has 2 rings (SSSR count). The molecular weight excluding hydrogens is 208 g/mol. The number of nitrogens with one attached hydrogen (secondary N) is 1. The van der Waals surface area contributed by atoms with Crippen molar-refractivity contribution >= 4 is 0 Å². The second kappa shape index (κ2) is 5.71. The molecule has 0 aromatic rings.